The third-order valence-electron chi connectivity index (χ3n) is 7.79. The summed E-state index contributed by atoms with van der Waals surface area (Å²) in [6, 6.07) is 13.7. The second-order valence-electron chi connectivity index (χ2n) is 11.0. The van der Waals surface area contributed by atoms with E-state index in [9.17, 15) is 19.5 Å². The summed E-state index contributed by atoms with van der Waals surface area (Å²) in [4.78, 5) is 41.9. The summed E-state index contributed by atoms with van der Waals surface area (Å²) in [5.41, 5.74) is 6.44. The smallest absolute Gasteiger partial charge is 0.416 e. The lowest BCUT2D eigenvalue weighted by Crippen LogP contribution is -2.45. The van der Waals surface area contributed by atoms with Gasteiger partial charge in [0.05, 0.1) is 25.0 Å². The van der Waals surface area contributed by atoms with Crippen LogP contribution in [0.25, 0.3) is 10.8 Å². The van der Waals surface area contributed by atoms with E-state index < -0.39 is 24.5 Å². The monoisotopic (exact) mass is 649 g/mol. The van der Waals surface area contributed by atoms with E-state index in [4.69, 9.17) is 29.4 Å². The number of carbonyl (C=O) groups is 3. The number of rotatable bonds is 15. The van der Waals surface area contributed by atoms with E-state index in [1.54, 1.807) is 13.1 Å². The first-order valence-corrected chi connectivity index (χ1v) is 15.6. The molecule has 1 fully saturated rings. The van der Waals surface area contributed by atoms with Gasteiger partial charge >= 0.3 is 6.09 Å². The minimum Gasteiger partial charge on any atom is -0.507 e. The van der Waals surface area contributed by atoms with Crippen molar-refractivity contribution in [3.8, 4) is 17.2 Å². The molecule has 3 N–H and O–H groups in total. The topological polar surface area (TPSA) is 150 Å². The van der Waals surface area contributed by atoms with Crippen LogP contribution in [0.4, 0.5) is 16.2 Å². The molecular formula is C35H43N3O9. The average Bonchev–Trinajstić information content (AvgIpc) is 3.08. The van der Waals surface area contributed by atoms with Crippen LogP contribution in [0.5, 0.6) is 17.2 Å². The molecule has 0 aromatic heterocycles. The van der Waals surface area contributed by atoms with Crippen LogP contribution >= 0.6 is 0 Å². The van der Waals surface area contributed by atoms with Crippen LogP contribution in [0.15, 0.2) is 61.2 Å². The van der Waals surface area contributed by atoms with Gasteiger partial charge in [0.15, 0.2) is 17.8 Å². The maximum atomic E-state index is 13.4. The zero-order valence-corrected chi connectivity index (χ0v) is 27.1. The zero-order valence-electron chi connectivity index (χ0n) is 27.1. The van der Waals surface area contributed by atoms with Gasteiger partial charge in [0.2, 0.25) is 5.91 Å². The third-order valence-corrected chi connectivity index (χ3v) is 7.79. The number of ether oxygens (including phenoxy) is 5. The number of nitrogens with two attached hydrogens (primary N) is 1. The van der Waals surface area contributed by atoms with Gasteiger partial charge in [-0.15, -0.1) is 0 Å². The van der Waals surface area contributed by atoms with E-state index in [0.717, 1.165) is 18.2 Å². The van der Waals surface area contributed by atoms with Crippen molar-refractivity contribution in [2.75, 3.05) is 43.8 Å². The predicted octanol–water partition coefficient (Wildman–Crippen LogP) is 5.88. The lowest BCUT2D eigenvalue weighted by atomic mass is 10.1. The molecule has 0 spiro atoms. The summed E-state index contributed by atoms with van der Waals surface area (Å²) in [6.45, 7) is 6.02. The standard InChI is InChI=1S/C35H43N3O9/c1-5-16-46-35(42)38(32(6-2)47-33-15-9-10-17-45-33)27-22-30(29(43-4)21-26(27)34(36)41)44-18-11-14-31(40)37(3)24-19-23-12-7-8-13-25(23)28(39)20-24/h5,7-8,12-13,19-22,32-33,39H,1,6,9-11,14-18H2,2-4H3,(H2,36,41). The minimum absolute atomic E-state index is 0.00759. The molecule has 3 amide bonds. The molecule has 1 aliphatic rings. The van der Waals surface area contributed by atoms with E-state index in [0.29, 0.717) is 36.9 Å². The van der Waals surface area contributed by atoms with Crippen LogP contribution in [0, 0.1) is 0 Å². The molecule has 12 nitrogen and oxygen atoms in total. The molecule has 0 saturated carbocycles. The van der Waals surface area contributed by atoms with Crippen molar-refractivity contribution in [2.24, 2.45) is 5.73 Å². The first kappa shape index (κ1) is 35.1. The second kappa shape index (κ2) is 16.7. The fourth-order valence-electron chi connectivity index (χ4n) is 5.31. The molecule has 0 bridgehead atoms. The highest BCUT2D eigenvalue weighted by Crippen LogP contribution is 2.38. The van der Waals surface area contributed by atoms with Crippen molar-refractivity contribution in [2.45, 2.75) is 58.0 Å². The molecule has 0 radical (unpaired) electrons. The van der Waals surface area contributed by atoms with Crippen molar-refractivity contribution in [3.63, 3.8) is 0 Å². The maximum absolute atomic E-state index is 13.4. The van der Waals surface area contributed by atoms with E-state index in [1.807, 2.05) is 37.3 Å². The Morgan fingerprint density at radius 1 is 1.15 bits per heavy atom. The van der Waals surface area contributed by atoms with Gasteiger partial charge in [0, 0.05) is 43.3 Å². The lowest BCUT2D eigenvalue weighted by molar-refractivity contribution is -0.187. The number of aromatic hydroxyl groups is 1. The first-order chi connectivity index (χ1) is 22.7. The molecule has 3 aromatic carbocycles. The highest BCUT2D eigenvalue weighted by atomic mass is 16.7. The van der Waals surface area contributed by atoms with Crippen LogP contribution in [-0.4, -0.2) is 69.5 Å². The third kappa shape index (κ3) is 8.72. The number of benzene rings is 3. The highest BCUT2D eigenvalue weighted by Gasteiger charge is 2.33. The molecule has 1 heterocycles. The molecule has 12 heteroatoms. The van der Waals surface area contributed by atoms with E-state index in [1.165, 1.54) is 35.1 Å². The summed E-state index contributed by atoms with van der Waals surface area (Å²) >= 11 is 0. The first-order valence-electron chi connectivity index (χ1n) is 15.6. The van der Waals surface area contributed by atoms with Crippen molar-refractivity contribution in [1.29, 1.82) is 0 Å². The number of phenols is 1. The van der Waals surface area contributed by atoms with Crippen molar-refractivity contribution in [1.82, 2.24) is 0 Å². The number of carbonyl (C=O) groups excluding carboxylic acids is 3. The molecule has 3 aromatic rings. The highest BCUT2D eigenvalue weighted by molar-refractivity contribution is 6.04. The number of primary amides is 1. The van der Waals surface area contributed by atoms with Crippen LogP contribution in [0.2, 0.25) is 0 Å². The van der Waals surface area contributed by atoms with Gasteiger partial charge in [-0.1, -0.05) is 43.8 Å². The Kier molecular flexibility index (Phi) is 12.4. The molecule has 4 rings (SSSR count). The Morgan fingerprint density at radius 3 is 2.62 bits per heavy atom. The Balaban J connectivity index is 1.53. The van der Waals surface area contributed by atoms with Crippen LogP contribution in [0.3, 0.4) is 0 Å². The van der Waals surface area contributed by atoms with Crippen molar-refractivity contribution >= 4 is 40.1 Å². The minimum atomic E-state index is -0.863. The summed E-state index contributed by atoms with van der Waals surface area (Å²) in [6.07, 6.45) is 2.56. The summed E-state index contributed by atoms with van der Waals surface area (Å²) in [7, 11) is 3.06. The van der Waals surface area contributed by atoms with Gasteiger partial charge in [0.25, 0.3) is 5.91 Å². The van der Waals surface area contributed by atoms with Gasteiger partial charge in [-0.2, -0.15) is 0 Å². The van der Waals surface area contributed by atoms with Gasteiger partial charge < -0.3 is 39.4 Å². The molecule has 2 unspecified atom stereocenters. The summed E-state index contributed by atoms with van der Waals surface area (Å²) < 4.78 is 28.9. The Hall–Kier alpha value is -4.81. The Bertz CT molecular complexity index is 1570. The number of nitrogens with zero attached hydrogens (tertiary/aromatic N) is 2. The molecular weight excluding hydrogens is 606 g/mol. The molecule has 47 heavy (non-hydrogen) atoms. The number of methoxy groups -OCH3 is 1. The normalized spacial score (nSPS) is 15.0. The van der Waals surface area contributed by atoms with Crippen molar-refractivity contribution in [3.05, 3.63) is 66.7 Å². The fourth-order valence-corrected chi connectivity index (χ4v) is 5.31. The largest absolute Gasteiger partial charge is 0.507 e. The summed E-state index contributed by atoms with van der Waals surface area (Å²) in [5.74, 6) is -0.458. The Morgan fingerprint density at radius 2 is 1.94 bits per heavy atom. The van der Waals surface area contributed by atoms with E-state index in [-0.39, 0.29) is 54.0 Å². The average molecular weight is 650 g/mol. The van der Waals surface area contributed by atoms with Gasteiger partial charge in [-0.3, -0.25) is 14.5 Å². The number of amides is 3. The summed E-state index contributed by atoms with van der Waals surface area (Å²) in [5, 5.41) is 12.0. The maximum Gasteiger partial charge on any atom is 0.416 e. The van der Waals surface area contributed by atoms with E-state index >= 15 is 0 Å². The number of hydrogen-bond donors (Lipinski definition) is 2. The molecule has 252 valence electrons. The van der Waals surface area contributed by atoms with Crippen molar-refractivity contribution < 1.29 is 43.2 Å². The van der Waals surface area contributed by atoms with E-state index in [2.05, 4.69) is 6.58 Å². The Labute approximate surface area is 274 Å². The molecule has 2 atom stereocenters. The van der Waals surface area contributed by atoms with Crippen LogP contribution in [-0.2, 0) is 19.0 Å². The zero-order chi connectivity index (χ0) is 33.9. The number of phenolic OH excluding ortho intramolecular Hbond substituents is 1. The lowest BCUT2D eigenvalue weighted by Gasteiger charge is -2.35. The molecule has 0 aliphatic carbocycles. The molecule has 1 saturated heterocycles. The van der Waals surface area contributed by atoms with Crippen LogP contribution in [0.1, 0.15) is 55.8 Å². The van der Waals surface area contributed by atoms with Gasteiger partial charge in [-0.25, -0.2) is 4.79 Å². The SMILES string of the molecule is C=CCOC(=O)N(c1cc(OCCCC(=O)N(C)c2cc(O)c3ccccc3c2)c(OC)cc1C(N)=O)C(CC)OC1CCCCO1. The van der Waals surface area contributed by atoms with Crippen LogP contribution < -0.4 is 25.0 Å². The number of fused-ring (bicyclic) bond motifs is 1. The van der Waals surface area contributed by atoms with Gasteiger partial charge in [-0.05, 0) is 49.6 Å². The number of anilines is 2. The number of hydrogen-bond acceptors (Lipinski definition) is 9. The quantitative estimate of drug-likeness (QED) is 0.117. The van der Waals surface area contributed by atoms with Gasteiger partial charge in [0.1, 0.15) is 18.6 Å². The molecule has 1 aliphatic heterocycles. The second-order valence-corrected chi connectivity index (χ2v) is 11.0. The predicted molar refractivity (Wildman–Crippen MR) is 178 cm³/mol. The fraction of sp³-hybridized carbons (Fsp3) is 0.400.